The van der Waals surface area contributed by atoms with Crippen molar-refractivity contribution in [1.29, 1.82) is 0 Å². The molecule has 2 amide bonds. The van der Waals surface area contributed by atoms with Gasteiger partial charge in [-0.3, -0.25) is 0 Å². The number of carbonyl (C=O) groups excluding carboxylic acids is 1. The quantitative estimate of drug-likeness (QED) is 0.487. The molecule has 1 aliphatic heterocycles. The topological polar surface area (TPSA) is 78.8 Å². The highest BCUT2D eigenvalue weighted by Gasteiger charge is 2.29. The molecule has 4 aromatic rings. The van der Waals surface area contributed by atoms with Crippen LogP contribution in [0.4, 0.5) is 10.5 Å². The third kappa shape index (κ3) is 3.45. The number of carbonyl (C=O) groups is 1. The summed E-state index contributed by atoms with van der Waals surface area (Å²) in [5, 5.41) is 4.19. The summed E-state index contributed by atoms with van der Waals surface area (Å²) in [6.07, 6.45) is 13.1. The largest absolute Gasteiger partial charge is 0.346 e. The molecular formula is C25H24N6O. The van der Waals surface area contributed by atoms with Crippen LogP contribution in [-0.2, 0) is 0 Å². The summed E-state index contributed by atoms with van der Waals surface area (Å²) in [6, 6.07) is 11.7. The Kier molecular flexibility index (Phi) is 4.52. The first-order valence-corrected chi connectivity index (χ1v) is 11.1. The average Bonchev–Trinajstić information content (AvgIpc) is 3.34. The second-order valence-corrected chi connectivity index (χ2v) is 8.46. The number of aromatic nitrogens is 4. The van der Waals surface area contributed by atoms with Gasteiger partial charge >= 0.3 is 6.03 Å². The molecule has 3 aromatic heterocycles. The fraction of sp³-hybridized carbons (Fsp3) is 0.240. The number of rotatable bonds is 4. The van der Waals surface area contributed by atoms with Crippen molar-refractivity contribution in [1.82, 2.24) is 24.4 Å². The Morgan fingerprint density at radius 3 is 2.78 bits per heavy atom. The number of benzene rings is 1. The summed E-state index contributed by atoms with van der Waals surface area (Å²) in [5.41, 5.74) is 6.24. The third-order valence-corrected chi connectivity index (χ3v) is 6.32. The Labute approximate surface area is 185 Å². The SMILES string of the molecule is O=C(Nc1cccc(-n2cccc2)c1)N1CC=C(c2ncnc3[nH]cc(C4CC4)c23)CC1. The molecule has 6 rings (SSSR count). The summed E-state index contributed by atoms with van der Waals surface area (Å²) in [4.78, 5) is 27.1. The molecule has 2 aliphatic rings. The maximum Gasteiger partial charge on any atom is 0.322 e. The highest BCUT2D eigenvalue weighted by atomic mass is 16.2. The zero-order valence-electron chi connectivity index (χ0n) is 17.7. The van der Waals surface area contributed by atoms with Crippen LogP contribution in [-0.4, -0.2) is 43.5 Å². The molecule has 0 saturated heterocycles. The highest BCUT2D eigenvalue weighted by molar-refractivity contribution is 5.93. The van der Waals surface area contributed by atoms with Gasteiger partial charge < -0.3 is 19.8 Å². The average molecular weight is 425 g/mol. The monoisotopic (exact) mass is 424 g/mol. The number of aromatic amines is 1. The first kappa shape index (κ1) is 18.9. The summed E-state index contributed by atoms with van der Waals surface area (Å²) in [7, 11) is 0. The first-order valence-electron chi connectivity index (χ1n) is 11.1. The smallest absolute Gasteiger partial charge is 0.322 e. The molecule has 7 heteroatoms. The Morgan fingerprint density at radius 1 is 1.12 bits per heavy atom. The Hall–Kier alpha value is -3.87. The Balaban J connectivity index is 1.19. The summed E-state index contributed by atoms with van der Waals surface area (Å²) in [6.45, 7) is 1.22. The molecule has 7 nitrogen and oxygen atoms in total. The lowest BCUT2D eigenvalue weighted by Crippen LogP contribution is -2.38. The van der Waals surface area contributed by atoms with Crippen molar-refractivity contribution in [2.45, 2.75) is 25.2 Å². The number of hydrogen-bond donors (Lipinski definition) is 2. The molecule has 32 heavy (non-hydrogen) atoms. The van der Waals surface area contributed by atoms with Gasteiger partial charge in [-0.15, -0.1) is 0 Å². The van der Waals surface area contributed by atoms with Gasteiger partial charge in [-0.1, -0.05) is 12.1 Å². The molecule has 0 atom stereocenters. The molecule has 1 aliphatic carbocycles. The maximum atomic E-state index is 12.9. The number of nitrogens with zero attached hydrogens (tertiary/aromatic N) is 4. The predicted molar refractivity (Wildman–Crippen MR) is 125 cm³/mol. The van der Waals surface area contributed by atoms with Crippen molar-refractivity contribution in [2.75, 3.05) is 18.4 Å². The number of fused-ring (bicyclic) bond motifs is 1. The first-order chi connectivity index (χ1) is 15.8. The standard InChI is InChI=1S/C25H24N6O/c32-25(29-19-4-3-5-20(14-19)30-10-1-2-11-30)31-12-8-18(9-13-31)23-22-21(17-6-7-17)15-26-24(22)28-16-27-23/h1-5,8,10-11,14-17H,6-7,9,12-13H2,(H,29,32)(H,26,27,28). The van der Waals surface area contributed by atoms with Gasteiger partial charge in [0.1, 0.15) is 12.0 Å². The highest BCUT2D eigenvalue weighted by Crippen LogP contribution is 2.44. The van der Waals surface area contributed by atoms with Gasteiger partial charge in [0.05, 0.1) is 5.69 Å². The van der Waals surface area contributed by atoms with Crippen LogP contribution in [0.1, 0.15) is 36.4 Å². The lowest BCUT2D eigenvalue weighted by Gasteiger charge is -2.27. The number of urea groups is 1. The van der Waals surface area contributed by atoms with Crippen molar-refractivity contribution < 1.29 is 4.79 Å². The van der Waals surface area contributed by atoms with Crippen LogP contribution in [0, 0.1) is 0 Å². The van der Waals surface area contributed by atoms with Crippen molar-refractivity contribution in [2.24, 2.45) is 0 Å². The molecule has 1 fully saturated rings. The minimum Gasteiger partial charge on any atom is -0.346 e. The number of anilines is 1. The Morgan fingerprint density at radius 2 is 2.00 bits per heavy atom. The molecule has 0 spiro atoms. The molecule has 160 valence electrons. The molecule has 0 unspecified atom stereocenters. The Bertz CT molecular complexity index is 1320. The van der Waals surface area contributed by atoms with Crippen LogP contribution >= 0.6 is 0 Å². The van der Waals surface area contributed by atoms with E-state index in [0.717, 1.165) is 34.5 Å². The molecule has 2 N–H and O–H groups in total. The second kappa shape index (κ2) is 7.67. The lowest BCUT2D eigenvalue weighted by atomic mass is 9.99. The minimum atomic E-state index is -0.0851. The summed E-state index contributed by atoms with van der Waals surface area (Å²) in [5.74, 6) is 0.627. The fourth-order valence-corrected chi connectivity index (χ4v) is 4.47. The third-order valence-electron chi connectivity index (χ3n) is 6.32. The molecule has 0 radical (unpaired) electrons. The van der Waals surface area contributed by atoms with Gasteiger partial charge in [0.2, 0.25) is 0 Å². The van der Waals surface area contributed by atoms with E-state index in [1.54, 1.807) is 6.33 Å². The van der Waals surface area contributed by atoms with E-state index in [0.29, 0.717) is 19.0 Å². The predicted octanol–water partition coefficient (Wildman–Crippen LogP) is 4.95. The number of H-pyrrole nitrogens is 1. The van der Waals surface area contributed by atoms with E-state index in [9.17, 15) is 4.79 Å². The molecule has 1 saturated carbocycles. The number of nitrogens with one attached hydrogen (secondary N) is 2. The lowest BCUT2D eigenvalue weighted by molar-refractivity contribution is 0.217. The van der Waals surface area contributed by atoms with Crippen molar-refractivity contribution >= 4 is 28.3 Å². The van der Waals surface area contributed by atoms with E-state index in [1.165, 1.54) is 24.0 Å². The van der Waals surface area contributed by atoms with Crippen molar-refractivity contribution in [3.05, 3.63) is 78.6 Å². The van der Waals surface area contributed by atoms with Crippen molar-refractivity contribution in [3.63, 3.8) is 0 Å². The van der Waals surface area contributed by atoms with E-state index in [1.807, 2.05) is 58.3 Å². The van der Waals surface area contributed by atoms with E-state index in [4.69, 9.17) is 0 Å². The van der Waals surface area contributed by atoms with Crippen LogP contribution in [0.3, 0.4) is 0 Å². The fourth-order valence-electron chi connectivity index (χ4n) is 4.47. The maximum absolute atomic E-state index is 12.9. The van der Waals surface area contributed by atoms with Crippen LogP contribution in [0.25, 0.3) is 22.3 Å². The number of hydrogen-bond acceptors (Lipinski definition) is 3. The minimum absolute atomic E-state index is 0.0851. The number of amides is 2. The van der Waals surface area contributed by atoms with Gasteiger partial charge in [-0.25, -0.2) is 14.8 Å². The normalized spacial score (nSPS) is 16.2. The van der Waals surface area contributed by atoms with E-state index < -0.39 is 0 Å². The van der Waals surface area contributed by atoms with Gasteiger partial charge in [-0.05, 0) is 66.6 Å². The van der Waals surface area contributed by atoms with Crippen molar-refractivity contribution in [3.8, 4) is 5.69 Å². The van der Waals surface area contributed by atoms with Crippen LogP contribution in [0.5, 0.6) is 0 Å². The second-order valence-electron chi connectivity index (χ2n) is 8.46. The summed E-state index contributed by atoms with van der Waals surface area (Å²) >= 11 is 0. The summed E-state index contributed by atoms with van der Waals surface area (Å²) < 4.78 is 2.02. The van der Waals surface area contributed by atoms with Gasteiger partial charge in [-0.2, -0.15) is 0 Å². The van der Waals surface area contributed by atoms with Gasteiger partial charge in [0, 0.05) is 48.4 Å². The van der Waals surface area contributed by atoms with E-state index in [2.05, 4.69) is 32.5 Å². The molecule has 1 aromatic carbocycles. The van der Waals surface area contributed by atoms with E-state index >= 15 is 0 Å². The molecule has 4 heterocycles. The van der Waals surface area contributed by atoms with Gasteiger partial charge in [0.15, 0.2) is 0 Å². The van der Waals surface area contributed by atoms with E-state index in [-0.39, 0.29) is 6.03 Å². The van der Waals surface area contributed by atoms with Crippen LogP contribution in [0.15, 0.2) is 67.4 Å². The zero-order valence-corrected chi connectivity index (χ0v) is 17.7. The van der Waals surface area contributed by atoms with Crippen LogP contribution in [0.2, 0.25) is 0 Å². The molecular weight excluding hydrogens is 400 g/mol. The van der Waals surface area contributed by atoms with Gasteiger partial charge in [0.25, 0.3) is 0 Å². The van der Waals surface area contributed by atoms with Crippen LogP contribution < -0.4 is 5.32 Å². The molecule has 0 bridgehead atoms. The zero-order chi connectivity index (χ0) is 21.5.